The molecule has 3 rings (SSSR count). The van der Waals surface area contributed by atoms with Gasteiger partial charge in [-0.1, -0.05) is 56.3 Å². The number of likely N-dealkylation sites (N-methyl/N-ethyl adjacent to an activating group) is 1. The van der Waals surface area contributed by atoms with E-state index < -0.39 is 23.6 Å². The van der Waals surface area contributed by atoms with E-state index in [-0.39, 0.29) is 5.97 Å². The lowest BCUT2D eigenvalue weighted by Crippen LogP contribution is -2.47. The minimum absolute atomic E-state index is 0.287. The van der Waals surface area contributed by atoms with Crippen molar-refractivity contribution in [1.82, 2.24) is 15.2 Å². The Morgan fingerprint density at radius 1 is 1.05 bits per heavy atom. The van der Waals surface area contributed by atoms with E-state index in [9.17, 15) is 14.4 Å². The molecule has 2 aromatic rings. The van der Waals surface area contributed by atoms with Crippen LogP contribution in [0.5, 0.6) is 0 Å². The van der Waals surface area contributed by atoms with E-state index in [1.165, 1.54) is 13.2 Å². The molecule has 2 atom stereocenters. The standard InChI is InChI=1S/C31H42N4O5/c1-7-33(8-2)26-20-21-34(22-26)28(29(37)39-6)24-17-14-23(15-18-24)16-19-27(36)35(25-12-10-9-11-13-25)32-30(38)40-31(3,4)5/h9-19,26,28H,7-8,20-22H2,1-6H3,(H,32,38). The fourth-order valence-corrected chi connectivity index (χ4v) is 4.90. The van der Waals surface area contributed by atoms with E-state index in [2.05, 4.69) is 29.1 Å². The molecule has 40 heavy (non-hydrogen) atoms. The summed E-state index contributed by atoms with van der Waals surface area (Å²) in [4.78, 5) is 43.0. The van der Waals surface area contributed by atoms with E-state index in [0.717, 1.165) is 48.7 Å². The molecule has 0 aliphatic carbocycles. The highest BCUT2D eigenvalue weighted by atomic mass is 16.6. The van der Waals surface area contributed by atoms with Gasteiger partial charge in [0.2, 0.25) is 0 Å². The average molecular weight is 551 g/mol. The Bertz CT molecular complexity index is 1160. The van der Waals surface area contributed by atoms with Gasteiger partial charge in [0, 0.05) is 25.2 Å². The van der Waals surface area contributed by atoms with Gasteiger partial charge in [-0.3, -0.25) is 14.6 Å². The third kappa shape index (κ3) is 8.40. The maximum atomic E-state index is 13.1. The lowest BCUT2D eigenvalue weighted by atomic mass is 10.0. The number of ether oxygens (including phenoxy) is 2. The first-order chi connectivity index (χ1) is 19.1. The van der Waals surface area contributed by atoms with Crippen LogP contribution in [0.1, 0.15) is 58.2 Å². The van der Waals surface area contributed by atoms with Crippen LogP contribution in [-0.2, 0) is 19.1 Å². The van der Waals surface area contributed by atoms with Crippen molar-refractivity contribution >= 4 is 29.7 Å². The van der Waals surface area contributed by atoms with Crippen LogP contribution >= 0.6 is 0 Å². The predicted molar refractivity (Wildman–Crippen MR) is 156 cm³/mol. The van der Waals surface area contributed by atoms with Gasteiger partial charge in [0.05, 0.1) is 12.8 Å². The fraction of sp³-hybridized carbons (Fsp3) is 0.452. The number of nitrogens with one attached hydrogen (secondary N) is 1. The molecule has 1 N–H and O–H groups in total. The van der Waals surface area contributed by atoms with Crippen LogP contribution in [0.4, 0.5) is 10.5 Å². The zero-order valence-electron chi connectivity index (χ0n) is 24.4. The Balaban J connectivity index is 1.75. The zero-order valence-corrected chi connectivity index (χ0v) is 24.4. The van der Waals surface area contributed by atoms with Crippen molar-refractivity contribution in [1.29, 1.82) is 0 Å². The van der Waals surface area contributed by atoms with Crippen molar-refractivity contribution in [3.8, 4) is 0 Å². The number of benzene rings is 2. The Hall–Kier alpha value is -3.69. The number of esters is 1. The van der Waals surface area contributed by atoms with Gasteiger partial charge in [-0.25, -0.2) is 20.0 Å². The molecule has 2 unspecified atom stereocenters. The third-order valence-corrected chi connectivity index (χ3v) is 6.82. The molecule has 216 valence electrons. The molecule has 2 aromatic carbocycles. The van der Waals surface area contributed by atoms with Gasteiger partial charge in [-0.2, -0.15) is 0 Å². The summed E-state index contributed by atoms with van der Waals surface area (Å²) in [5.74, 6) is -0.738. The molecule has 0 spiro atoms. The molecule has 1 aliphatic heterocycles. The number of methoxy groups -OCH3 is 1. The van der Waals surface area contributed by atoms with Crippen molar-refractivity contribution in [2.24, 2.45) is 0 Å². The number of anilines is 1. The van der Waals surface area contributed by atoms with Crippen molar-refractivity contribution in [2.45, 2.75) is 58.7 Å². The largest absolute Gasteiger partial charge is 0.468 e. The number of rotatable bonds is 9. The number of hydrogen-bond acceptors (Lipinski definition) is 7. The monoisotopic (exact) mass is 550 g/mol. The Kier molecular flexibility index (Phi) is 10.9. The first-order valence-corrected chi connectivity index (χ1v) is 13.8. The van der Waals surface area contributed by atoms with E-state index >= 15 is 0 Å². The molecule has 1 saturated heterocycles. The minimum Gasteiger partial charge on any atom is -0.468 e. The quantitative estimate of drug-likeness (QED) is 0.272. The van der Waals surface area contributed by atoms with Gasteiger partial charge in [0.15, 0.2) is 0 Å². The van der Waals surface area contributed by atoms with Gasteiger partial charge in [0.1, 0.15) is 11.6 Å². The number of carbonyl (C=O) groups excluding carboxylic acids is 3. The number of para-hydroxylation sites is 1. The number of amides is 2. The second-order valence-corrected chi connectivity index (χ2v) is 10.7. The summed E-state index contributed by atoms with van der Waals surface area (Å²) in [6, 6.07) is 16.2. The van der Waals surface area contributed by atoms with Gasteiger partial charge in [-0.15, -0.1) is 0 Å². The van der Waals surface area contributed by atoms with Crippen molar-refractivity contribution in [2.75, 3.05) is 38.3 Å². The lowest BCUT2D eigenvalue weighted by Gasteiger charge is -2.29. The third-order valence-electron chi connectivity index (χ3n) is 6.82. The fourth-order valence-electron chi connectivity index (χ4n) is 4.90. The van der Waals surface area contributed by atoms with Crippen LogP contribution < -0.4 is 10.4 Å². The van der Waals surface area contributed by atoms with Gasteiger partial charge >= 0.3 is 12.1 Å². The highest BCUT2D eigenvalue weighted by molar-refractivity contribution is 6.04. The first kappa shape index (κ1) is 30.8. The average Bonchev–Trinajstić information content (AvgIpc) is 3.40. The zero-order chi connectivity index (χ0) is 29.3. The molecule has 0 aromatic heterocycles. The maximum Gasteiger partial charge on any atom is 0.427 e. The van der Waals surface area contributed by atoms with Crippen molar-refractivity contribution < 1.29 is 23.9 Å². The Labute approximate surface area is 237 Å². The molecule has 1 fully saturated rings. The number of nitrogens with zero attached hydrogens (tertiary/aromatic N) is 3. The van der Waals surface area contributed by atoms with E-state index in [0.29, 0.717) is 11.7 Å². The molecular weight excluding hydrogens is 508 g/mol. The second kappa shape index (κ2) is 14.1. The molecule has 9 nitrogen and oxygen atoms in total. The summed E-state index contributed by atoms with van der Waals surface area (Å²) in [5.41, 5.74) is 3.92. The summed E-state index contributed by atoms with van der Waals surface area (Å²) < 4.78 is 10.5. The summed E-state index contributed by atoms with van der Waals surface area (Å²) in [6.45, 7) is 13.2. The van der Waals surface area contributed by atoms with Gasteiger partial charge < -0.3 is 9.47 Å². The highest BCUT2D eigenvalue weighted by Gasteiger charge is 2.35. The SMILES string of the molecule is CCN(CC)C1CCN(C(C(=O)OC)c2ccc(C=CC(=O)N(NC(=O)OC(C)(C)C)c3ccccc3)cc2)C1. The summed E-state index contributed by atoms with van der Waals surface area (Å²) in [7, 11) is 1.42. The normalized spacial score (nSPS) is 16.6. The van der Waals surface area contributed by atoms with Crippen LogP contribution in [-0.4, -0.2) is 72.7 Å². The van der Waals surface area contributed by atoms with Crippen molar-refractivity contribution in [3.63, 3.8) is 0 Å². The topological polar surface area (TPSA) is 91.4 Å². The summed E-state index contributed by atoms with van der Waals surface area (Å²) >= 11 is 0. The number of hydrogen-bond donors (Lipinski definition) is 1. The predicted octanol–water partition coefficient (Wildman–Crippen LogP) is 4.80. The molecule has 0 radical (unpaired) electrons. The van der Waals surface area contributed by atoms with E-state index in [1.807, 2.05) is 30.3 Å². The molecule has 0 bridgehead atoms. The highest BCUT2D eigenvalue weighted by Crippen LogP contribution is 2.29. The molecule has 0 saturated carbocycles. The Morgan fingerprint density at radius 2 is 1.70 bits per heavy atom. The smallest absolute Gasteiger partial charge is 0.427 e. The Morgan fingerprint density at radius 3 is 2.27 bits per heavy atom. The summed E-state index contributed by atoms with van der Waals surface area (Å²) in [5, 5.41) is 1.14. The van der Waals surface area contributed by atoms with Crippen LogP contribution in [0.25, 0.3) is 6.08 Å². The van der Waals surface area contributed by atoms with Crippen LogP contribution in [0.3, 0.4) is 0 Å². The van der Waals surface area contributed by atoms with Crippen LogP contribution in [0.15, 0.2) is 60.7 Å². The van der Waals surface area contributed by atoms with E-state index in [1.54, 1.807) is 51.1 Å². The maximum absolute atomic E-state index is 13.1. The lowest BCUT2D eigenvalue weighted by molar-refractivity contribution is -0.147. The second-order valence-electron chi connectivity index (χ2n) is 10.7. The van der Waals surface area contributed by atoms with Crippen LogP contribution in [0, 0.1) is 0 Å². The molecule has 2 amide bonds. The van der Waals surface area contributed by atoms with Gasteiger partial charge in [-0.05, 0) is 69.6 Å². The number of hydrazine groups is 1. The molecular formula is C31H42N4O5. The van der Waals surface area contributed by atoms with E-state index in [4.69, 9.17) is 9.47 Å². The van der Waals surface area contributed by atoms with Crippen molar-refractivity contribution in [3.05, 3.63) is 71.8 Å². The van der Waals surface area contributed by atoms with Crippen LogP contribution in [0.2, 0.25) is 0 Å². The molecule has 1 heterocycles. The van der Waals surface area contributed by atoms with Gasteiger partial charge in [0.25, 0.3) is 5.91 Å². The first-order valence-electron chi connectivity index (χ1n) is 13.8. The minimum atomic E-state index is -0.735. The summed E-state index contributed by atoms with van der Waals surface area (Å²) in [6.07, 6.45) is 3.32. The number of carbonyl (C=O) groups is 3. The molecule has 1 aliphatic rings. The number of likely N-dealkylation sites (tertiary alicyclic amines) is 1. The molecule has 9 heteroatoms.